The number of nitrogens with one attached hydrogen (secondary N) is 2. The molecule has 8 heteroatoms. The summed E-state index contributed by atoms with van der Waals surface area (Å²) in [4.78, 5) is 9.28. The minimum Gasteiger partial charge on any atom is -0.369 e. The minimum atomic E-state index is 0.187. The van der Waals surface area contributed by atoms with Crippen molar-refractivity contribution in [3.05, 3.63) is 26.9 Å². The van der Waals surface area contributed by atoms with Gasteiger partial charge in [-0.25, -0.2) is 5.84 Å². The van der Waals surface area contributed by atoms with Gasteiger partial charge >= 0.3 is 0 Å². The topological polar surface area (TPSA) is 102 Å². The second-order valence-electron chi connectivity index (χ2n) is 3.52. The number of thiophene rings is 1. The van der Waals surface area contributed by atoms with E-state index < -0.39 is 0 Å². The molecule has 0 amide bonds. The van der Waals surface area contributed by atoms with Crippen LogP contribution in [-0.4, -0.2) is 16.5 Å². The molecule has 18 heavy (non-hydrogen) atoms. The van der Waals surface area contributed by atoms with Crippen LogP contribution in [0, 0.1) is 0 Å². The van der Waals surface area contributed by atoms with Gasteiger partial charge in [-0.15, -0.1) is 11.3 Å². The second-order valence-corrected chi connectivity index (χ2v) is 6.07. The molecule has 0 spiro atoms. The van der Waals surface area contributed by atoms with Gasteiger partial charge in [-0.1, -0.05) is 0 Å². The highest BCUT2D eigenvalue weighted by Gasteiger charge is 2.02. The van der Waals surface area contributed by atoms with Crippen molar-refractivity contribution < 1.29 is 0 Å². The molecule has 96 valence electrons. The number of aromatic nitrogens is 2. The lowest BCUT2D eigenvalue weighted by molar-refractivity contribution is 1.02. The third-order valence-electron chi connectivity index (χ3n) is 2.20. The number of anilines is 3. The zero-order chi connectivity index (χ0) is 13.0. The van der Waals surface area contributed by atoms with Crippen molar-refractivity contribution in [1.29, 1.82) is 0 Å². The predicted octanol–water partition coefficient (Wildman–Crippen LogP) is 1.82. The van der Waals surface area contributed by atoms with Crippen molar-refractivity contribution in [3.63, 3.8) is 0 Å². The maximum atomic E-state index is 5.56. The second kappa shape index (κ2) is 5.98. The van der Waals surface area contributed by atoms with Crippen molar-refractivity contribution in [2.75, 3.05) is 23.0 Å². The molecule has 0 bridgehead atoms. The Morgan fingerprint density at radius 1 is 1.28 bits per heavy atom. The Labute approximate surface area is 117 Å². The number of hydrazine groups is 1. The summed E-state index contributed by atoms with van der Waals surface area (Å²) in [5.74, 6) is 6.62. The van der Waals surface area contributed by atoms with E-state index in [1.807, 2.05) is 6.07 Å². The molecule has 0 aliphatic carbocycles. The molecule has 0 aliphatic heterocycles. The quantitative estimate of drug-likeness (QED) is 0.493. The Balaban J connectivity index is 1.91. The van der Waals surface area contributed by atoms with Crippen molar-refractivity contribution >= 4 is 44.9 Å². The lowest BCUT2D eigenvalue weighted by atomic mass is 10.3. The monoisotopic (exact) mass is 328 g/mol. The van der Waals surface area contributed by atoms with E-state index in [2.05, 4.69) is 42.7 Å². The highest BCUT2D eigenvalue weighted by Crippen LogP contribution is 2.22. The number of nitrogens with two attached hydrogens (primary N) is 2. The summed E-state index contributed by atoms with van der Waals surface area (Å²) in [7, 11) is 0. The maximum Gasteiger partial charge on any atom is 0.223 e. The number of hydrogen-bond donors (Lipinski definition) is 4. The van der Waals surface area contributed by atoms with Crippen LogP contribution < -0.4 is 22.3 Å². The van der Waals surface area contributed by atoms with Crippen LogP contribution in [0.4, 0.5) is 17.6 Å². The van der Waals surface area contributed by atoms with Crippen LogP contribution in [0.2, 0.25) is 0 Å². The normalized spacial score (nSPS) is 10.3. The fourth-order valence-corrected chi connectivity index (χ4v) is 2.91. The first-order valence-electron chi connectivity index (χ1n) is 5.26. The number of nitrogen functional groups attached to an aromatic ring is 2. The van der Waals surface area contributed by atoms with E-state index in [0.29, 0.717) is 11.6 Å². The molecule has 2 heterocycles. The van der Waals surface area contributed by atoms with Crippen molar-refractivity contribution in [3.8, 4) is 0 Å². The molecule has 0 aliphatic rings. The predicted molar refractivity (Wildman–Crippen MR) is 78.5 cm³/mol. The Hall–Kier alpha value is -1.38. The van der Waals surface area contributed by atoms with E-state index in [1.165, 1.54) is 4.88 Å². The average Bonchev–Trinajstić information content (AvgIpc) is 2.74. The zero-order valence-electron chi connectivity index (χ0n) is 9.48. The minimum absolute atomic E-state index is 0.187. The molecule has 0 radical (unpaired) electrons. The van der Waals surface area contributed by atoms with Crippen LogP contribution in [-0.2, 0) is 6.42 Å². The first-order valence-corrected chi connectivity index (χ1v) is 6.87. The van der Waals surface area contributed by atoms with E-state index in [0.717, 1.165) is 16.8 Å². The van der Waals surface area contributed by atoms with Gasteiger partial charge < -0.3 is 16.5 Å². The standard InChI is InChI=1S/C10H13BrN6S/c11-7-2-1-6(18-7)3-4-14-8-5-9(17-13)16-10(12)15-8/h1-2,5H,3-4,13H2,(H4,12,14,15,16,17). The summed E-state index contributed by atoms with van der Waals surface area (Å²) in [5, 5.41) is 3.18. The van der Waals surface area contributed by atoms with E-state index >= 15 is 0 Å². The lowest BCUT2D eigenvalue weighted by Crippen LogP contribution is -2.12. The van der Waals surface area contributed by atoms with E-state index in [-0.39, 0.29) is 5.95 Å². The fourth-order valence-electron chi connectivity index (χ4n) is 1.43. The highest BCUT2D eigenvalue weighted by molar-refractivity contribution is 9.11. The van der Waals surface area contributed by atoms with Crippen LogP contribution in [0.25, 0.3) is 0 Å². The van der Waals surface area contributed by atoms with Crippen LogP contribution in [0.3, 0.4) is 0 Å². The Bertz CT molecular complexity index is 529. The van der Waals surface area contributed by atoms with Gasteiger partial charge in [0.05, 0.1) is 3.79 Å². The molecular formula is C10H13BrN6S. The van der Waals surface area contributed by atoms with Gasteiger partial charge in [-0.2, -0.15) is 9.97 Å². The van der Waals surface area contributed by atoms with Crippen molar-refractivity contribution in [1.82, 2.24) is 9.97 Å². The molecule has 2 rings (SSSR count). The summed E-state index contributed by atoms with van der Waals surface area (Å²) in [5.41, 5.74) is 8.00. The first-order chi connectivity index (χ1) is 8.67. The Morgan fingerprint density at radius 3 is 2.72 bits per heavy atom. The Kier molecular flexibility index (Phi) is 4.34. The molecule has 0 atom stereocenters. The average molecular weight is 329 g/mol. The van der Waals surface area contributed by atoms with E-state index in [1.54, 1.807) is 17.4 Å². The first kappa shape index (κ1) is 13.1. The largest absolute Gasteiger partial charge is 0.369 e. The maximum absolute atomic E-state index is 5.56. The number of hydrogen-bond acceptors (Lipinski definition) is 7. The zero-order valence-corrected chi connectivity index (χ0v) is 11.9. The van der Waals surface area contributed by atoms with Gasteiger partial charge in [-0.05, 0) is 34.5 Å². The van der Waals surface area contributed by atoms with Gasteiger partial charge in [0.2, 0.25) is 5.95 Å². The summed E-state index contributed by atoms with van der Waals surface area (Å²) in [6.45, 7) is 0.771. The molecule has 0 unspecified atom stereocenters. The van der Waals surface area contributed by atoms with Crippen molar-refractivity contribution in [2.24, 2.45) is 5.84 Å². The molecule has 0 saturated heterocycles. The highest BCUT2D eigenvalue weighted by atomic mass is 79.9. The van der Waals surface area contributed by atoms with Crippen LogP contribution >= 0.6 is 27.3 Å². The van der Waals surface area contributed by atoms with Crippen LogP contribution in [0.5, 0.6) is 0 Å². The molecule has 0 aromatic carbocycles. The smallest absolute Gasteiger partial charge is 0.223 e. The van der Waals surface area contributed by atoms with Gasteiger partial charge in [0.15, 0.2) is 0 Å². The van der Waals surface area contributed by atoms with Gasteiger partial charge in [0, 0.05) is 17.5 Å². The van der Waals surface area contributed by atoms with Crippen LogP contribution in [0.1, 0.15) is 4.88 Å². The molecule has 6 nitrogen and oxygen atoms in total. The van der Waals surface area contributed by atoms with Crippen molar-refractivity contribution in [2.45, 2.75) is 6.42 Å². The summed E-state index contributed by atoms with van der Waals surface area (Å²) < 4.78 is 1.14. The van der Waals surface area contributed by atoms with Crippen LogP contribution in [0.15, 0.2) is 22.0 Å². The fraction of sp³-hybridized carbons (Fsp3) is 0.200. The summed E-state index contributed by atoms with van der Waals surface area (Å²) in [6, 6.07) is 5.84. The molecule has 0 fully saturated rings. The van der Waals surface area contributed by atoms with Gasteiger partial charge in [0.25, 0.3) is 0 Å². The van der Waals surface area contributed by atoms with E-state index in [4.69, 9.17) is 11.6 Å². The SMILES string of the molecule is NNc1cc(NCCc2ccc(Br)s2)nc(N)n1. The number of halogens is 1. The third kappa shape index (κ3) is 3.56. The number of rotatable bonds is 5. The Morgan fingerprint density at radius 2 is 2.06 bits per heavy atom. The molecule has 6 N–H and O–H groups in total. The molecule has 2 aromatic heterocycles. The summed E-state index contributed by atoms with van der Waals surface area (Å²) in [6.07, 6.45) is 0.922. The van der Waals surface area contributed by atoms with Gasteiger partial charge in [-0.3, -0.25) is 0 Å². The summed E-state index contributed by atoms with van der Waals surface area (Å²) >= 11 is 5.16. The number of nitrogens with zero attached hydrogens (tertiary/aromatic N) is 2. The molecule has 2 aromatic rings. The molecular weight excluding hydrogens is 316 g/mol. The van der Waals surface area contributed by atoms with Gasteiger partial charge in [0.1, 0.15) is 11.6 Å². The third-order valence-corrected chi connectivity index (χ3v) is 3.88. The lowest BCUT2D eigenvalue weighted by Gasteiger charge is -2.07. The van der Waals surface area contributed by atoms with E-state index in [9.17, 15) is 0 Å². The molecule has 0 saturated carbocycles.